The van der Waals surface area contributed by atoms with Gasteiger partial charge in [0.2, 0.25) is 0 Å². The Labute approximate surface area is 71.9 Å². The second-order valence-corrected chi connectivity index (χ2v) is 3.37. The molecular weight excluding hydrogens is 152 g/mol. The van der Waals surface area contributed by atoms with Crippen molar-refractivity contribution in [1.29, 1.82) is 0 Å². The number of rotatable bonds is 1. The zero-order chi connectivity index (χ0) is 8.55. The number of hydrogen-bond acceptors (Lipinski definition) is 2. The second-order valence-electron chi connectivity index (χ2n) is 3.37. The van der Waals surface area contributed by atoms with Gasteiger partial charge in [0.05, 0.1) is 7.11 Å². The van der Waals surface area contributed by atoms with Crippen molar-refractivity contribution < 1.29 is 9.53 Å². The lowest BCUT2D eigenvalue weighted by atomic mass is 9.87. The Balaban J connectivity index is 2.21. The molecule has 0 N–H and O–H groups in total. The first kappa shape index (κ1) is 7.59. The van der Waals surface area contributed by atoms with Gasteiger partial charge in [-0.15, -0.1) is 0 Å². The van der Waals surface area contributed by atoms with Crippen LogP contribution < -0.4 is 0 Å². The molecule has 0 radical (unpaired) electrons. The lowest BCUT2D eigenvalue weighted by Crippen LogP contribution is -2.16. The van der Waals surface area contributed by atoms with Crippen LogP contribution in [0.15, 0.2) is 23.8 Å². The van der Waals surface area contributed by atoms with Crippen molar-refractivity contribution in [3.8, 4) is 0 Å². The predicted octanol–water partition coefficient (Wildman–Crippen LogP) is 1.68. The zero-order valence-electron chi connectivity index (χ0n) is 7.12. The maximum Gasteiger partial charge on any atom is 0.334 e. The third kappa shape index (κ3) is 1.07. The first-order valence-electron chi connectivity index (χ1n) is 4.28. The summed E-state index contributed by atoms with van der Waals surface area (Å²) in [6, 6.07) is 0. The van der Waals surface area contributed by atoms with Crippen molar-refractivity contribution in [3.63, 3.8) is 0 Å². The Kier molecular flexibility index (Phi) is 1.75. The molecule has 2 nitrogen and oxygen atoms in total. The normalized spacial score (nSPS) is 31.6. The third-order valence-corrected chi connectivity index (χ3v) is 2.63. The SMILES string of the molecule is COC(=O)C1=CC[C@@H]2C=C[C@H]1C2. The Morgan fingerprint density at radius 2 is 2.42 bits per heavy atom. The summed E-state index contributed by atoms with van der Waals surface area (Å²) in [6.45, 7) is 0. The molecule has 0 saturated carbocycles. The molecule has 2 heteroatoms. The van der Waals surface area contributed by atoms with Crippen molar-refractivity contribution in [2.75, 3.05) is 7.11 Å². The van der Waals surface area contributed by atoms with Gasteiger partial charge in [0, 0.05) is 11.5 Å². The lowest BCUT2D eigenvalue weighted by molar-refractivity contribution is -0.136. The van der Waals surface area contributed by atoms with E-state index in [9.17, 15) is 4.79 Å². The van der Waals surface area contributed by atoms with E-state index in [0.29, 0.717) is 11.8 Å². The Morgan fingerprint density at radius 1 is 1.58 bits per heavy atom. The summed E-state index contributed by atoms with van der Waals surface area (Å²) >= 11 is 0. The number of methoxy groups -OCH3 is 1. The second kappa shape index (κ2) is 2.77. The monoisotopic (exact) mass is 164 g/mol. The Bertz CT molecular complexity index is 263. The van der Waals surface area contributed by atoms with Gasteiger partial charge >= 0.3 is 5.97 Å². The molecule has 0 aromatic heterocycles. The van der Waals surface area contributed by atoms with Crippen molar-refractivity contribution >= 4 is 5.97 Å². The molecule has 2 aliphatic carbocycles. The van der Waals surface area contributed by atoms with Crippen LogP contribution in [0.2, 0.25) is 0 Å². The summed E-state index contributed by atoms with van der Waals surface area (Å²) in [7, 11) is 1.44. The standard InChI is InChI=1S/C10H12O2/c1-12-10(11)9-5-3-7-2-4-8(9)6-7/h2,4-5,7-8H,3,6H2,1H3/t7-,8-/m0/s1. The Hall–Kier alpha value is -1.05. The molecule has 0 aliphatic heterocycles. The van der Waals surface area contributed by atoms with Crippen molar-refractivity contribution in [1.82, 2.24) is 0 Å². The zero-order valence-corrected chi connectivity index (χ0v) is 7.12. The van der Waals surface area contributed by atoms with Gasteiger partial charge in [0.25, 0.3) is 0 Å². The molecular formula is C10H12O2. The fraction of sp³-hybridized carbons (Fsp3) is 0.500. The minimum Gasteiger partial charge on any atom is -0.466 e. The minimum absolute atomic E-state index is 0.162. The number of fused-ring (bicyclic) bond motifs is 2. The summed E-state index contributed by atoms with van der Waals surface area (Å²) < 4.78 is 4.70. The number of esters is 1. The molecule has 0 unspecified atom stereocenters. The summed E-state index contributed by atoms with van der Waals surface area (Å²) in [5.74, 6) is 0.838. The molecule has 64 valence electrons. The summed E-state index contributed by atoms with van der Waals surface area (Å²) in [6.07, 6.45) is 8.44. The van der Waals surface area contributed by atoms with Crippen LogP contribution >= 0.6 is 0 Å². The minimum atomic E-state index is -0.162. The van der Waals surface area contributed by atoms with E-state index in [0.717, 1.165) is 18.4 Å². The van der Waals surface area contributed by atoms with Crippen LogP contribution in [0.1, 0.15) is 12.8 Å². The molecule has 2 rings (SSSR count). The molecule has 2 bridgehead atoms. The number of carbonyl (C=O) groups excluding carboxylic acids is 1. The maximum absolute atomic E-state index is 11.2. The highest BCUT2D eigenvalue weighted by Crippen LogP contribution is 2.36. The molecule has 2 atom stereocenters. The van der Waals surface area contributed by atoms with Crippen LogP contribution in [0.25, 0.3) is 0 Å². The van der Waals surface area contributed by atoms with E-state index in [1.807, 2.05) is 6.08 Å². The van der Waals surface area contributed by atoms with Gasteiger partial charge in [-0.05, 0) is 18.8 Å². The molecule has 12 heavy (non-hydrogen) atoms. The largest absolute Gasteiger partial charge is 0.466 e. The molecule has 0 fully saturated rings. The van der Waals surface area contributed by atoms with Crippen LogP contribution in [0.3, 0.4) is 0 Å². The van der Waals surface area contributed by atoms with Gasteiger partial charge in [-0.3, -0.25) is 0 Å². The van der Waals surface area contributed by atoms with Crippen LogP contribution in [-0.4, -0.2) is 13.1 Å². The average Bonchev–Trinajstić information content (AvgIpc) is 2.47. The maximum atomic E-state index is 11.2. The molecule has 0 spiro atoms. The van der Waals surface area contributed by atoms with Crippen LogP contribution in [0, 0.1) is 11.8 Å². The lowest BCUT2D eigenvalue weighted by Gasteiger charge is -2.18. The van der Waals surface area contributed by atoms with Gasteiger partial charge in [-0.25, -0.2) is 4.79 Å². The van der Waals surface area contributed by atoms with Crippen LogP contribution in [0.4, 0.5) is 0 Å². The molecule has 2 aliphatic rings. The highest BCUT2D eigenvalue weighted by molar-refractivity contribution is 5.89. The highest BCUT2D eigenvalue weighted by atomic mass is 16.5. The number of hydrogen-bond donors (Lipinski definition) is 0. The summed E-state index contributed by atoms with van der Waals surface area (Å²) in [5.41, 5.74) is 0.850. The van der Waals surface area contributed by atoms with E-state index < -0.39 is 0 Å². The van der Waals surface area contributed by atoms with Gasteiger partial charge in [-0.2, -0.15) is 0 Å². The summed E-state index contributed by atoms with van der Waals surface area (Å²) in [5, 5.41) is 0. The highest BCUT2D eigenvalue weighted by Gasteiger charge is 2.29. The molecule has 0 saturated heterocycles. The molecule has 0 heterocycles. The van der Waals surface area contributed by atoms with E-state index in [-0.39, 0.29) is 5.97 Å². The topological polar surface area (TPSA) is 26.3 Å². The van der Waals surface area contributed by atoms with Gasteiger partial charge in [-0.1, -0.05) is 18.2 Å². The van der Waals surface area contributed by atoms with Crippen LogP contribution in [0.5, 0.6) is 0 Å². The molecule has 0 aromatic rings. The van der Waals surface area contributed by atoms with E-state index in [1.54, 1.807) is 0 Å². The fourth-order valence-electron chi connectivity index (χ4n) is 1.96. The average molecular weight is 164 g/mol. The van der Waals surface area contributed by atoms with Crippen LogP contribution in [-0.2, 0) is 9.53 Å². The number of allylic oxidation sites excluding steroid dienone is 3. The van der Waals surface area contributed by atoms with E-state index >= 15 is 0 Å². The Morgan fingerprint density at radius 3 is 3.17 bits per heavy atom. The van der Waals surface area contributed by atoms with Gasteiger partial charge < -0.3 is 4.74 Å². The van der Waals surface area contributed by atoms with E-state index in [4.69, 9.17) is 4.74 Å². The number of ether oxygens (including phenoxy) is 1. The first-order valence-corrected chi connectivity index (χ1v) is 4.28. The van der Waals surface area contributed by atoms with Gasteiger partial charge in [0.15, 0.2) is 0 Å². The first-order chi connectivity index (χ1) is 5.81. The van der Waals surface area contributed by atoms with Crippen molar-refractivity contribution in [2.24, 2.45) is 11.8 Å². The predicted molar refractivity (Wildman–Crippen MR) is 45.5 cm³/mol. The summed E-state index contributed by atoms with van der Waals surface area (Å²) in [4.78, 5) is 11.2. The molecule has 0 aromatic carbocycles. The van der Waals surface area contributed by atoms with Crippen molar-refractivity contribution in [2.45, 2.75) is 12.8 Å². The quantitative estimate of drug-likeness (QED) is 0.435. The van der Waals surface area contributed by atoms with Crippen molar-refractivity contribution in [3.05, 3.63) is 23.8 Å². The molecule has 0 amide bonds. The third-order valence-electron chi connectivity index (χ3n) is 2.63. The fourth-order valence-corrected chi connectivity index (χ4v) is 1.96. The number of carbonyl (C=O) groups is 1. The van der Waals surface area contributed by atoms with Gasteiger partial charge in [0.1, 0.15) is 0 Å². The van der Waals surface area contributed by atoms with E-state index in [1.165, 1.54) is 7.11 Å². The smallest absolute Gasteiger partial charge is 0.334 e. The van der Waals surface area contributed by atoms with E-state index in [2.05, 4.69) is 12.2 Å².